The normalized spacial score (nSPS) is 20.3. The molecule has 1 amide bonds. The van der Waals surface area contributed by atoms with E-state index in [-0.39, 0.29) is 28.6 Å². The Kier molecular flexibility index (Phi) is 8.65. The summed E-state index contributed by atoms with van der Waals surface area (Å²) in [4.78, 5) is 27.7. The summed E-state index contributed by atoms with van der Waals surface area (Å²) >= 11 is 0. The van der Waals surface area contributed by atoms with Crippen LogP contribution >= 0.6 is 0 Å². The zero-order chi connectivity index (χ0) is 25.5. The number of aromatic nitrogens is 2. The third kappa shape index (κ3) is 6.86. The van der Waals surface area contributed by atoms with E-state index >= 15 is 0 Å². The lowest BCUT2D eigenvalue weighted by atomic mass is 10.1. The highest BCUT2D eigenvalue weighted by molar-refractivity contribution is 7.91. The first-order valence-electron chi connectivity index (χ1n) is 12.1. The van der Waals surface area contributed by atoms with Crippen LogP contribution in [0.1, 0.15) is 55.7 Å². The van der Waals surface area contributed by atoms with Crippen molar-refractivity contribution < 1.29 is 27.5 Å². The van der Waals surface area contributed by atoms with Gasteiger partial charge < -0.3 is 19.6 Å². The van der Waals surface area contributed by atoms with Gasteiger partial charge in [-0.1, -0.05) is 17.3 Å². The van der Waals surface area contributed by atoms with Gasteiger partial charge in [0.2, 0.25) is 0 Å². The van der Waals surface area contributed by atoms with E-state index in [4.69, 9.17) is 14.3 Å². The van der Waals surface area contributed by atoms with Crippen LogP contribution < -0.4 is 5.32 Å². The molecule has 1 heterocycles. The maximum Gasteiger partial charge on any atom is 0.279 e. The second-order valence-corrected chi connectivity index (χ2v) is 11.2. The summed E-state index contributed by atoms with van der Waals surface area (Å²) in [7, 11) is -0.275. The fourth-order valence-electron chi connectivity index (χ4n) is 4.06. The Morgan fingerprint density at radius 2 is 1.81 bits per heavy atom. The first-order chi connectivity index (χ1) is 17.4. The topological polar surface area (TPSA) is 129 Å². The smallest absolute Gasteiger partial charge is 0.279 e. The van der Waals surface area contributed by atoms with Gasteiger partial charge in [0, 0.05) is 38.7 Å². The van der Waals surface area contributed by atoms with Crippen molar-refractivity contribution in [3.63, 3.8) is 0 Å². The Labute approximate surface area is 211 Å². The summed E-state index contributed by atoms with van der Waals surface area (Å²) in [6.45, 7) is 0.362. The fraction of sp³-hybridized carbons (Fsp3) is 0.520. The van der Waals surface area contributed by atoms with E-state index in [1.807, 2.05) is 0 Å². The highest BCUT2D eigenvalue weighted by Gasteiger charge is 2.28. The summed E-state index contributed by atoms with van der Waals surface area (Å²) in [6, 6.07) is 6.06. The molecule has 2 aliphatic carbocycles. The summed E-state index contributed by atoms with van der Waals surface area (Å²) in [5, 5.41) is 6.91. The van der Waals surface area contributed by atoms with Gasteiger partial charge in [-0.25, -0.2) is 13.4 Å². The molecule has 194 valence electrons. The minimum atomic E-state index is -3.47. The number of nitrogens with one attached hydrogen (secondary N) is 1. The molecule has 0 aliphatic heterocycles. The number of sulfone groups is 1. The first-order valence-corrected chi connectivity index (χ1v) is 13.8. The van der Waals surface area contributed by atoms with E-state index in [0.717, 1.165) is 31.4 Å². The van der Waals surface area contributed by atoms with Crippen molar-refractivity contribution >= 4 is 27.3 Å². The zero-order valence-electron chi connectivity index (χ0n) is 20.6. The van der Waals surface area contributed by atoms with E-state index in [0.29, 0.717) is 36.7 Å². The van der Waals surface area contributed by atoms with Crippen molar-refractivity contribution in [3.05, 3.63) is 47.9 Å². The number of hydrogen-bond donors (Lipinski definition) is 1. The molecule has 1 N–H and O–H groups in total. The van der Waals surface area contributed by atoms with Crippen LogP contribution in [-0.2, 0) is 28.9 Å². The molecule has 1 aromatic heterocycles. The SMILES string of the molecule is COCCCS(=O)(=O)c1ccc(/C(=N\O[C@@H]2CC[C@@H](OC)C2)C(=O)Nc2cnc(C3CC3)cn2)cc1. The molecule has 2 atom stereocenters. The molecular weight excluding hydrogens is 484 g/mol. The summed E-state index contributed by atoms with van der Waals surface area (Å²) in [6.07, 6.45) is 8.06. The maximum absolute atomic E-state index is 13.2. The van der Waals surface area contributed by atoms with Crippen LogP contribution in [0.15, 0.2) is 46.7 Å². The predicted molar refractivity (Wildman–Crippen MR) is 134 cm³/mol. The van der Waals surface area contributed by atoms with Crippen LogP contribution in [0.25, 0.3) is 0 Å². The van der Waals surface area contributed by atoms with Gasteiger partial charge in [-0.2, -0.15) is 0 Å². The van der Waals surface area contributed by atoms with E-state index < -0.39 is 15.7 Å². The molecule has 36 heavy (non-hydrogen) atoms. The maximum atomic E-state index is 13.2. The Morgan fingerprint density at radius 1 is 1.06 bits per heavy atom. The van der Waals surface area contributed by atoms with E-state index in [2.05, 4.69) is 20.4 Å². The molecule has 11 heteroatoms. The van der Waals surface area contributed by atoms with Gasteiger partial charge in [-0.3, -0.25) is 9.78 Å². The number of ether oxygens (including phenoxy) is 2. The second-order valence-electron chi connectivity index (χ2n) is 9.08. The lowest BCUT2D eigenvalue weighted by molar-refractivity contribution is -0.110. The number of amides is 1. The van der Waals surface area contributed by atoms with E-state index in [1.54, 1.807) is 25.4 Å². The van der Waals surface area contributed by atoms with E-state index in [9.17, 15) is 13.2 Å². The van der Waals surface area contributed by atoms with Gasteiger partial charge in [0.1, 0.15) is 6.10 Å². The third-order valence-electron chi connectivity index (χ3n) is 6.34. The number of anilines is 1. The molecule has 0 saturated heterocycles. The molecule has 0 bridgehead atoms. The van der Waals surface area contributed by atoms with Crippen molar-refractivity contribution in [3.8, 4) is 0 Å². The van der Waals surface area contributed by atoms with Gasteiger partial charge in [0.05, 0.1) is 34.8 Å². The minimum absolute atomic E-state index is 0.0206. The van der Waals surface area contributed by atoms with Crippen molar-refractivity contribution in [2.45, 2.75) is 61.5 Å². The Hall–Kier alpha value is -2.89. The second kappa shape index (κ2) is 11.9. The van der Waals surface area contributed by atoms with Crippen LogP contribution in [0.3, 0.4) is 0 Å². The summed E-state index contributed by atoms with van der Waals surface area (Å²) < 4.78 is 35.5. The van der Waals surface area contributed by atoms with Crippen LogP contribution in [-0.4, -0.2) is 68.8 Å². The van der Waals surface area contributed by atoms with Gasteiger partial charge in [0.25, 0.3) is 5.91 Å². The van der Waals surface area contributed by atoms with Crippen molar-refractivity contribution in [1.82, 2.24) is 9.97 Å². The van der Waals surface area contributed by atoms with Crippen molar-refractivity contribution in [2.75, 3.05) is 31.9 Å². The molecule has 2 fully saturated rings. The molecule has 0 unspecified atom stereocenters. The predicted octanol–water partition coefficient (Wildman–Crippen LogP) is 3.09. The average molecular weight is 517 g/mol. The van der Waals surface area contributed by atoms with E-state index in [1.165, 1.54) is 25.4 Å². The van der Waals surface area contributed by atoms with Gasteiger partial charge in [-0.15, -0.1) is 0 Å². The minimum Gasteiger partial charge on any atom is -0.392 e. The van der Waals surface area contributed by atoms with Crippen LogP contribution in [0, 0.1) is 0 Å². The lowest BCUT2D eigenvalue weighted by Crippen LogP contribution is -2.25. The molecule has 2 aliphatic rings. The van der Waals surface area contributed by atoms with Crippen molar-refractivity contribution in [1.29, 1.82) is 0 Å². The molecule has 2 saturated carbocycles. The molecule has 1 aromatic carbocycles. The highest BCUT2D eigenvalue weighted by Crippen LogP contribution is 2.38. The van der Waals surface area contributed by atoms with Crippen molar-refractivity contribution in [2.24, 2.45) is 5.16 Å². The van der Waals surface area contributed by atoms with Crippen LogP contribution in [0.2, 0.25) is 0 Å². The summed E-state index contributed by atoms with van der Waals surface area (Å²) in [5.41, 5.74) is 1.36. The third-order valence-corrected chi connectivity index (χ3v) is 8.15. The van der Waals surface area contributed by atoms with Gasteiger partial charge >= 0.3 is 0 Å². The number of nitrogens with zero attached hydrogens (tertiary/aromatic N) is 3. The first kappa shape index (κ1) is 26.2. The number of benzene rings is 1. The van der Waals surface area contributed by atoms with Gasteiger partial charge in [-0.05, 0) is 44.2 Å². The molecule has 10 nitrogen and oxygen atoms in total. The summed E-state index contributed by atoms with van der Waals surface area (Å²) in [5.74, 6) is 0.206. The van der Waals surface area contributed by atoms with Crippen LogP contribution in [0.4, 0.5) is 5.82 Å². The molecule has 0 radical (unpaired) electrons. The quantitative estimate of drug-likeness (QED) is 0.259. The molecule has 2 aromatic rings. The number of carbonyl (C=O) groups excluding carboxylic acids is 1. The number of rotatable bonds is 12. The largest absolute Gasteiger partial charge is 0.392 e. The Bertz CT molecular complexity index is 1160. The zero-order valence-corrected chi connectivity index (χ0v) is 21.4. The standard InChI is InChI=1S/C25H32N4O6S/c1-33-12-3-13-36(31,32)21-10-6-18(7-11-21)24(29-35-20-9-8-19(14-20)34-2)25(30)28-23-16-26-22(15-27-23)17-4-5-17/h6-7,10-11,15-17,19-20H,3-5,8-9,12-14H2,1-2H3,(H,27,28,30)/b29-24+/t19-,20-/m1/s1. The van der Waals surface area contributed by atoms with Crippen LogP contribution in [0.5, 0.6) is 0 Å². The number of carbonyl (C=O) groups is 1. The van der Waals surface area contributed by atoms with Gasteiger partial charge in [0.15, 0.2) is 21.4 Å². The fourth-order valence-corrected chi connectivity index (χ4v) is 5.35. The number of methoxy groups -OCH3 is 2. The highest BCUT2D eigenvalue weighted by atomic mass is 32.2. The molecular formula is C25H32N4O6S. The monoisotopic (exact) mass is 516 g/mol. The molecule has 0 spiro atoms. The Balaban J connectivity index is 1.51. The number of oxime groups is 1. The Morgan fingerprint density at radius 3 is 2.42 bits per heavy atom. The lowest BCUT2D eigenvalue weighted by Gasteiger charge is -2.12. The average Bonchev–Trinajstić information content (AvgIpc) is 3.63. The molecule has 4 rings (SSSR count). The number of hydrogen-bond acceptors (Lipinski definition) is 9.